The summed E-state index contributed by atoms with van der Waals surface area (Å²) in [5, 5.41) is 1.07. The summed E-state index contributed by atoms with van der Waals surface area (Å²) < 4.78 is 8.57. The van der Waals surface area contributed by atoms with Crippen LogP contribution in [0.25, 0.3) is 61.1 Å². The van der Waals surface area contributed by atoms with Crippen molar-refractivity contribution >= 4 is 28.0 Å². The van der Waals surface area contributed by atoms with Crippen molar-refractivity contribution in [1.82, 2.24) is 4.57 Å². The highest BCUT2D eigenvalue weighted by molar-refractivity contribution is 5.89. The van der Waals surface area contributed by atoms with Crippen LogP contribution < -0.4 is 9.64 Å². The molecule has 0 bridgehead atoms. The summed E-state index contributed by atoms with van der Waals surface area (Å²) in [7, 11) is 0. The lowest BCUT2D eigenvalue weighted by molar-refractivity contribution is 0.487. The van der Waals surface area contributed by atoms with Crippen molar-refractivity contribution in [2.45, 2.75) is 0 Å². The number of aromatic nitrogens is 1. The predicted octanol–water partition coefficient (Wildman–Crippen LogP) is 15.6. The lowest BCUT2D eigenvalue weighted by Gasteiger charge is -2.27. The van der Waals surface area contributed by atoms with Gasteiger partial charge in [0.25, 0.3) is 0 Å². The van der Waals surface area contributed by atoms with Gasteiger partial charge in [0.2, 0.25) is 0 Å². The first-order valence-electron chi connectivity index (χ1n) is 20.0. The van der Waals surface area contributed by atoms with E-state index in [-0.39, 0.29) is 0 Å². The highest BCUT2D eigenvalue weighted by Crippen LogP contribution is 2.42. The molecule has 9 aromatic carbocycles. The minimum atomic E-state index is 0.815. The molecule has 0 aliphatic heterocycles. The molecular formula is C56H40N2O. The second kappa shape index (κ2) is 15.9. The van der Waals surface area contributed by atoms with Gasteiger partial charge < -0.3 is 14.2 Å². The Morgan fingerprint density at radius 3 is 1.42 bits per heavy atom. The molecule has 0 radical (unpaired) electrons. The molecule has 0 atom stereocenters. The third kappa shape index (κ3) is 7.41. The Morgan fingerprint density at radius 1 is 0.322 bits per heavy atom. The summed E-state index contributed by atoms with van der Waals surface area (Å²) in [6.07, 6.45) is 2.08. The van der Waals surface area contributed by atoms with E-state index >= 15 is 0 Å². The van der Waals surface area contributed by atoms with E-state index in [1.165, 1.54) is 22.3 Å². The fourth-order valence-electron chi connectivity index (χ4n) is 7.91. The summed E-state index contributed by atoms with van der Waals surface area (Å²) in [4.78, 5) is 2.38. The van der Waals surface area contributed by atoms with Gasteiger partial charge in [-0.2, -0.15) is 0 Å². The van der Waals surface area contributed by atoms with Gasteiger partial charge in [0.15, 0.2) is 5.75 Å². The lowest BCUT2D eigenvalue weighted by atomic mass is 9.97. The molecule has 3 nitrogen and oxygen atoms in total. The van der Waals surface area contributed by atoms with Gasteiger partial charge in [0, 0.05) is 28.1 Å². The topological polar surface area (TPSA) is 17.4 Å². The van der Waals surface area contributed by atoms with Crippen LogP contribution in [0.2, 0.25) is 0 Å². The molecule has 0 saturated carbocycles. The molecule has 1 aromatic heterocycles. The van der Waals surface area contributed by atoms with Crippen molar-refractivity contribution in [1.29, 1.82) is 0 Å². The molecular weight excluding hydrogens is 717 g/mol. The number of nitrogens with zero attached hydrogens (tertiary/aromatic N) is 2. The van der Waals surface area contributed by atoms with E-state index in [2.05, 4.69) is 222 Å². The highest BCUT2D eigenvalue weighted by atomic mass is 16.5. The van der Waals surface area contributed by atoms with Crippen molar-refractivity contribution < 1.29 is 4.74 Å². The average molecular weight is 757 g/mol. The van der Waals surface area contributed by atoms with Crippen LogP contribution in [0, 0.1) is 0 Å². The Hall–Kier alpha value is -7.88. The van der Waals surface area contributed by atoms with Crippen LogP contribution in [0.15, 0.2) is 243 Å². The number of rotatable bonds is 10. The number of para-hydroxylation sites is 2. The molecule has 10 aromatic rings. The summed E-state index contributed by atoms with van der Waals surface area (Å²) in [6, 6.07) is 83.7. The van der Waals surface area contributed by atoms with Gasteiger partial charge in [0.1, 0.15) is 5.75 Å². The van der Waals surface area contributed by atoms with Crippen LogP contribution in [0.3, 0.4) is 0 Å². The fourth-order valence-corrected chi connectivity index (χ4v) is 7.91. The van der Waals surface area contributed by atoms with E-state index in [4.69, 9.17) is 4.74 Å². The first kappa shape index (κ1) is 35.5. The quantitative estimate of drug-likeness (QED) is 0.138. The molecule has 0 spiro atoms. The minimum Gasteiger partial charge on any atom is -0.455 e. The Kier molecular flexibility index (Phi) is 9.59. The molecule has 0 amide bonds. The van der Waals surface area contributed by atoms with Crippen LogP contribution in [0.1, 0.15) is 0 Å². The fraction of sp³-hybridized carbons (Fsp3) is 0. The molecule has 0 unspecified atom stereocenters. The second-order valence-corrected chi connectivity index (χ2v) is 14.6. The van der Waals surface area contributed by atoms with Gasteiger partial charge in [0.05, 0.1) is 11.7 Å². The van der Waals surface area contributed by atoms with E-state index in [9.17, 15) is 0 Å². The Bertz CT molecular complexity index is 2920. The van der Waals surface area contributed by atoms with E-state index in [1.54, 1.807) is 0 Å². The van der Waals surface area contributed by atoms with Crippen molar-refractivity contribution in [2.24, 2.45) is 0 Å². The van der Waals surface area contributed by atoms with Crippen molar-refractivity contribution in [3.63, 3.8) is 0 Å². The average Bonchev–Trinajstić information content (AvgIpc) is 3.68. The maximum Gasteiger partial charge on any atom is 0.153 e. The summed E-state index contributed by atoms with van der Waals surface area (Å²) >= 11 is 0. The zero-order chi connectivity index (χ0) is 39.4. The van der Waals surface area contributed by atoms with E-state index in [0.717, 1.165) is 67.4 Å². The van der Waals surface area contributed by atoms with Crippen LogP contribution in [-0.2, 0) is 0 Å². The summed E-state index contributed by atoms with van der Waals surface area (Å²) in [5.41, 5.74) is 14.7. The van der Waals surface area contributed by atoms with Crippen molar-refractivity contribution in [3.8, 4) is 61.7 Å². The number of ether oxygens (including phenoxy) is 1. The van der Waals surface area contributed by atoms with Crippen LogP contribution in [0.5, 0.6) is 11.5 Å². The maximum atomic E-state index is 6.36. The van der Waals surface area contributed by atoms with Crippen molar-refractivity contribution in [2.75, 3.05) is 4.90 Å². The van der Waals surface area contributed by atoms with Crippen LogP contribution in [-0.4, -0.2) is 4.57 Å². The second-order valence-electron chi connectivity index (χ2n) is 14.6. The van der Waals surface area contributed by atoms with Gasteiger partial charge in [-0.3, -0.25) is 0 Å². The maximum absolute atomic E-state index is 6.36. The Balaban J connectivity index is 1.06. The molecule has 0 aliphatic rings. The van der Waals surface area contributed by atoms with Gasteiger partial charge in [-0.05, 0) is 123 Å². The van der Waals surface area contributed by atoms with E-state index in [0.29, 0.717) is 0 Å². The SMILES string of the molecule is c1ccc(Oc2cn(-c3ccc(-c4cccc(N(c5ccc(-c6ccccc6)cc5)c5cc(-c6ccccc6)cc(-c6ccccc6)c5)c4)cc3)c3ccccc23)cc1. The van der Waals surface area contributed by atoms with Gasteiger partial charge in [-0.15, -0.1) is 0 Å². The normalized spacial score (nSPS) is 11.1. The van der Waals surface area contributed by atoms with E-state index < -0.39 is 0 Å². The Labute approximate surface area is 345 Å². The predicted molar refractivity (Wildman–Crippen MR) is 246 cm³/mol. The number of benzene rings is 9. The molecule has 0 fully saturated rings. The molecule has 280 valence electrons. The monoisotopic (exact) mass is 756 g/mol. The third-order valence-electron chi connectivity index (χ3n) is 10.9. The first-order chi connectivity index (χ1) is 29.2. The molecule has 59 heavy (non-hydrogen) atoms. The van der Waals surface area contributed by atoms with Gasteiger partial charge in [-0.25, -0.2) is 0 Å². The third-order valence-corrected chi connectivity index (χ3v) is 10.9. The molecule has 1 heterocycles. The molecule has 3 heteroatoms. The number of anilines is 3. The lowest BCUT2D eigenvalue weighted by Crippen LogP contribution is -2.10. The number of hydrogen-bond donors (Lipinski definition) is 0. The zero-order valence-electron chi connectivity index (χ0n) is 32.4. The van der Waals surface area contributed by atoms with E-state index in [1.807, 2.05) is 30.3 Å². The van der Waals surface area contributed by atoms with Gasteiger partial charge in [-0.1, -0.05) is 158 Å². The molecule has 0 saturated heterocycles. The highest BCUT2D eigenvalue weighted by Gasteiger charge is 2.18. The molecule has 0 N–H and O–H groups in total. The minimum absolute atomic E-state index is 0.815. The largest absolute Gasteiger partial charge is 0.455 e. The van der Waals surface area contributed by atoms with Gasteiger partial charge >= 0.3 is 0 Å². The van der Waals surface area contributed by atoms with Crippen LogP contribution in [0.4, 0.5) is 17.1 Å². The number of fused-ring (bicyclic) bond motifs is 1. The first-order valence-corrected chi connectivity index (χ1v) is 20.0. The summed E-state index contributed by atoms with van der Waals surface area (Å²) in [5.74, 6) is 1.64. The van der Waals surface area contributed by atoms with Crippen molar-refractivity contribution in [3.05, 3.63) is 243 Å². The standard InChI is InChI=1S/C56H40N2O/c1-5-16-41(17-6-1)44-30-34-50(35-31-44)58(52-38-47(42-18-7-2-8-19-42)36-48(39-52)43-20-9-3-10-21-43)51-23-15-22-46(37-51)45-28-32-49(33-29-45)57-40-56(54-26-13-14-27-55(54)57)59-53-24-11-4-12-25-53/h1-40H. The van der Waals surface area contributed by atoms with Crippen LogP contribution >= 0.6 is 0 Å². The smallest absolute Gasteiger partial charge is 0.153 e. The zero-order valence-corrected chi connectivity index (χ0v) is 32.4. The summed E-state index contributed by atoms with van der Waals surface area (Å²) in [6.45, 7) is 0. The number of hydrogen-bond acceptors (Lipinski definition) is 2. The molecule has 0 aliphatic carbocycles. The molecule has 10 rings (SSSR count). The Morgan fingerprint density at radius 2 is 0.797 bits per heavy atom.